The van der Waals surface area contributed by atoms with E-state index in [1.807, 2.05) is 0 Å². The normalized spacial score (nSPS) is 22.9. The Balaban J connectivity index is 2.36. The summed E-state index contributed by atoms with van der Waals surface area (Å²) in [5.41, 5.74) is 12.3. The van der Waals surface area contributed by atoms with Gasteiger partial charge in [0, 0.05) is 11.7 Å². The van der Waals surface area contributed by atoms with Gasteiger partial charge in [-0.25, -0.2) is 0 Å². The summed E-state index contributed by atoms with van der Waals surface area (Å²) in [5.74, 6) is 0.0827. The minimum atomic E-state index is -0.523. The molecule has 1 aliphatic rings. The van der Waals surface area contributed by atoms with Crippen molar-refractivity contribution in [2.75, 3.05) is 11.1 Å². The van der Waals surface area contributed by atoms with Gasteiger partial charge in [0.1, 0.15) is 0 Å². The summed E-state index contributed by atoms with van der Waals surface area (Å²) >= 11 is 6.05. The van der Waals surface area contributed by atoms with Gasteiger partial charge in [-0.3, -0.25) is 4.79 Å². The number of hydrogen-bond donors (Lipinski definition) is 3. The molecule has 2 atom stereocenters. The van der Waals surface area contributed by atoms with Gasteiger partial charge in [-0.2, -0.15) is 0 Å². The zero-order chi connectivity index (χ0) is 11.9. The molecule has 5 heteroatoms. The Labute approximate surface area is 98.9 Å². The minimum Gasteiger partial charge on any atom is -0.399 e. The standard InChI is InChI=1S/C11H14ClN3O/c1-5-2-9(5)15-10-7(11(14)16)3-6(13)4-8(10)12/h3-5,9,15H,2,13H2,1H3,(H2,14,16). The highest BCUT2D eigenvalue weighted by molar-refractivity contribution is 6.34. The average Bonchev–Trinajstić information content (AvgIpc) is 2.86. The van der Waals surface area contributed by atoms with Gasteiger partial charge in [0.2, 0.25) is 0 Å². The zero-order valence-electron chi connectivity index (χ0n) is 8.96. The van der Waals surface area contributed by atoms with Gasteiger partial charge in [-0.1, -0.05) is 18.5 Å². The van der Waals surface area contributed by atoms with E-state index in [0.29, 0.717) is 33.9 Å². The molecule has 1 aromatic rings. The van der Waals surface area contributed by atoms with E-state index < -0.39 is 5.91 Å². The lowest BCUT2D eigenvalue weighted by Gasteiger charge is -2.12. The number of halogens is 1. The molecule has 0 saturated heterocycles. The molecule has 0 bridgehead atoms. The highest BCUT2D eigenvalue weighted by atomic mass is 35.5. The summed E-state index contributed by atoms with van der Waals surface area (Å²) in [6, 6.07) is 3.53. The molecule has 0 spiro atoms. The van der Waals surface area contributed by atoms with Crippen LogP contribution in [0.2, 0.25) is 5.02 Å². The lowest BCUT2D eigenvalue weighted by atomic mass is 10.1. The number of amides is 1. The summed E-state index contributed by atoms with van der Waals surface area (Å²) in [7, 11) is 0. The van der Waals surface area contributed by atoms with Gasteiger partial charge in [0.15, 0.2) is 0 Å². The molecule has 16 heavy (non-hydrogen) atoms. The number of nitrogens with one attached hydrogen (secondary N) is 1. The number of rotatable bonds is 3. The zero-order valence-corrected chi connectivity index (χ0v) is 9.71. The van der Waals surface area contributed by atoms with Crippen LogP contribution in [0.3, 0.4) is 0 Å². The Bertz CT molecular complexity index is 447. The second-order valence-electron chi connectivity index (χ2n) is 4.25. The second-order valence-corrected chi connectivity index (χ2v) is 4.66. The van der Waals surface area contributed by atoms with Gasteiger partial charge in [0.25, 0.3) is 5.91 Å². The number of carbonyl (C=O) groups is 1. The summed E-state index contributed by atoms with van der Waals surface area (Å²) < 4.78 is 0. The third-order valence-electron chi connectivity index (χ3n) is 2.82. The van der Waals surface area contributed by atoms with Crippen molar-refractivity contribution in [3.63, 3.8) is 0 Å². The number of benzene rings is 1. The molecule has 0 aromatic heterocycles. The van der Waals surface area contributed by atoms with Crippen LogP contribution in [0.4, 0.5) is 11.4 Å². The van der Waals surface area contributed by atoms with Crippen LogP contribution in [0.5, 0.6) is 0 Å². The molecule has 0 aliphatic heterocycles. The lowest BCUT2D eigenvalue weighted by molar-refractivity contribution is 0.100. The average molecular weight is 240 g/mol. The Morgan fingerprint density at radius 2 is 2.19 bits per heavy atom. The molecule has 0 heterocycles. The van der Waals surface area contributed by atoms with Crippen LogP contribution in [-0.2, 0) is 0 Å². The van der Waals surface area contributed by atoms with Crippen molar-refractivity contribution in [3.05, 3.63) is 22.7 Å². The number of nitrogen functional groups attached to an aromatic ring is 1. The third kappa shape index (κ3) is 2.07. The number of anilines is 2. The predicted molar refractivity (Wildman–Crippen MR) is 65.6 cm³/mol. The van der Waals surface area contributed by atoms with Crippen LogP contribution in [0.15, 0.2) is 12.1 Å². The van der Waals surface area contributed by atoms with E-state index in [-0.39, 0.29) is 0 Å². The molecule has 4 nitrogen and oxygen atoms in total. The molecular weight excluding hydrogens is 226 g/mol. The number of nitrogens with two attached hydrogens (primary N) is 2. The quantitative estimate of drug-likeness (QED) is 0.704. The first-order valence-corrected chi connectivity index (χ1v) is 5.52. The van der Waals surface area contributed by atoms with Crippen molar-refractivity contribution in [2.24, 2.45) is 11.7 Å². The van der Waals surface area contributed by atoms with E-state index in [2.05, 4.69) is 12.2 Å². The van der Waals surface area contributed by atoms with Crippen molar-refractivity contribution in [1.29, 1.82) is 0 Å². The van der Waals surface area contributed by atoms with Gasteiger partial charge >= 0.3 is 0 Å². The van der Waals surface area contributed by atoms with Crippen molar-refractivity contribution >= 4 is 28.9 Å². The van der Waals surface area contributed by atoms with Crippen molar-refractivity contribution < 1.29 is 4.79 Å². The predicted octanol–water partition coefficient (Wildman–Crippen LogP) is 1.84. The molecule has 1 aliphatic carbocycles. The van der Waals surface area contributed by atoms with Crippen molar-refractivity contribution in [2.45, 2.75) is 19.4 Å². The Hall–Kier alpha value is -1.42. The van der Waals surface area contributed by atoms with E-state index in [0.717, 1.165) is 6.42 Å². The first-order chi connectivity index (χ1) is 7.49. The molecule has 5 N–H and O–H groups in total. The SMILES string of the molecule is CC1CC1Nc1c(Cl)cc(N)cc1C(N)=O. The minimum absolute atomic E-state index is 0.351. The van der Waals surface area contributed by atoms with Crippen LogP contribution in [0.25, 0.3) is 0 Å². The van der Waals surface area contributed by atoms with E-state index in [4.69, 9.17) is 23.1 Å². The third-order valence-corrected chi connectivity index (χ3v) is 3.12. The summed E-state index contributed by atoms with van der Waals surface area (Å²) in [4.78, 5) is 11.3. The highest BCUT2D eigenvalue weighted by Crippen LogP contribution is 2.37. The first kappa shape index (κ1) is 11.1. The molecule has 2 unspecified atom stereocenters. The van der Waals surface area contributed by atoms with Crippen LogP contribution < -0.4 is 16.8 Å². The van der Waals surface area contributed by atoms with Crippen molar-refractivity contribution in [1.82, 2.24) is 0 Å². The largest absolute Gasteiger partial charge is 0.399 e. The van der Waals surface area contributed by atoms with E-state index in [1.165, 1.54) is 0 Å². The molecule has 86 valence electrons. The number of primary amides is 1. The molecular formula is C11H14ClN3O. The molecule has 1 saturated carbocycles. The molecule has 2 rings (SSSR count). The fraction of sp³-hybridized carbons (Fsp3) is 0.364. The van der Waals surface area contributed by atoms with E-state index >= 15 is 0 Å². The second kappa shape index (κ2) is 3.87. The highest BCUT2D eigenvalue weighted by Gasteiger charge is 2.33. The first-order valence-electron chi connectivity index (χ1n) is 5.14. The summed E-state index contributed by atoms with van der Waals surface area (Å²) in [6.45, 7) is 2.13. The molecule has 1 amide bonds. The molecule has 1 aromatic carbocycles. The Morgan fingerprint density at radius 1 is 1.56 bits per heavy atom. The van der Waals surface area contributed by atoms with Crippen LogP contribution >= 0.6 is 11.6 Å². The van der Waals surface area contributed by atoms with Crippen molar-refractivity contribution in [3.8, 4) is 0 Å². The maximum atomic E-state index is 11.3. The van der Waals surface area contributed by atoms with E-state index in [1.54, 1.807) is 12.1 Å². The van der Waals surface area contributed by atoms with Gasteiger partial charge < -0.3 is 16.8 Å². The fourth-order valence-electron chi connectivity index (χ4n) is 1.68. The monoisotopic (exact) mass is 239 g/mol. The van der Waals surface area contributed by atoms with Gasteiger partial charge in [-0.05, 0) is 24.5 Å². The summed E-state index contributed by atoms with van der Waals surface area (Å²) in [5, 5.41) is 3.66. The molecule has 0 radical (unpaired) electrons. The topological polar surface area (TPSA) is 81.1 Å². The summed E-state index contributed by atoms with van der Waals surface area (Å²) in [6.07, 6.45) is 1.08. The lowest BCUT2D eigenvalue weighted by Crippen LogP contribution is -2.16. The fourth-order valence-corrected chi connectivity index (χ4v) is 1.96. The van der Waals surface area contributed by atoms with E-state index in [9.17, 15) is 4.79 Å². The Morgan fingerprint density at radius 3 is 2.69 bits per heavy atom. The van der Waals surface area contributed by atoms with Crippen LogP contribution in [0, 0.1) is 5.92 Å². The maximum Gasteiger partial charge on any atom is 0.250 e. The Kier molecular flexibility index (Phi) is 2.68. The van der Waals surface area contributed by atoms with Gasteiger partial charge in [-0.15, -0.1) is 0 Å². The number of hydrogen-bond acceptors (Lipinski definition) is 3. The van der Waals surface area contributed by atoms with Crippen LogP contribution in [-0.4, -0.2) is 11.9 Å². The maximum absolute atomic E-state index is 11.3. The van der Waals surface area contributed by atoms with Crippen LogP contribution in [0.1, 0.15) is 23.7 Å². The smallest absolute Gasteiger partial charge is 0.250 e. The van der Waals surface area contributed by atoms with Gasteiger partial charge in [0.05, 0.1) is 16.3 Å². The molecule has 1 fully saturated rings. The number of carbonyl (C=O) groups excluding carboxylic acids is 1.